The summed E-state index contributed by atoms with van der Waals surface area (Å²) in [5, 5.41) is 52.1. The van der Waals surface area contributed by atoms with Gasteiger partial charge in [-0.15, -0.1) is 0 Å². The number of phenols is 1. The van der Waals surface area contributed by atoms with Gasteiger partial charge < -0.3 is 40.9 Å². The first-order valence-corrected chi connectivity index (χ1v) is 16.0. The van der Waals surface area contributed by atoms with E-state index < -0.39 is 69.7 Å². The van der Waals surface area contributed by atoms with Crippen LogP contribution in [-0.4, -0.2) is 139 Å². The number of hydrogen-bond acceptors (Lipinski definition) is 12. The zero-order valence-electron chi connectivity index (χ0n) is 27.9. The zero-order valence-corrected chi connectivity index (χ0v) is 27.9. The highest BCUT2D eigenvalue weighted by molar-refractivity contribution is 6.25. The molecule has 0 saturated carbocycles. The minimum absolute atomic E-state index is 0.000482. The Labute approximate surface area is 274 Å². The molecule has 1 aromatic carbocycles. The maximum Gasteiger partial charge on any atom is 0.259 e. The van der Waals surface area contributed by atoms with Crippen LogP contribution in [0, 0.1) is 11.8 Å². The lowest BCUT2D eigenvalue weighted by Crippen LogP contribution is -2.64. The van der Waals surface area contributed by atoms with E-state index in [1.807, 2.05) is 4.90 Å². The highest BCUT2D eigenvalue weighted by atomic mass is 16.3. The average molecular weight is 655 g/mol. The molecular formula is C33H46N6O8. The van der Waals surface area contributed by atoms with Gasteiger partial charge in [-0.1, -0.05) is 6.42 Å². The number of rotatable bonds is 8. The number of Topliss-reactive ketones (excluding diaryl/α,β-unsaturated/α-hetero) is 2. The number of nitrogens with one attached hydrogen (secondary N) is 2. The van der Waals surface area contributed by atoms with Crippen molar-refractivity contribution in [3.05, 3.63) is 39.9 Å². The molecule has 2 unspecified atom stereocenters. The van der Waals surface area contributed by atoms with E-state index in [0.29, 0.717) is 11.3 Å². The molecule has 1 aliphatic heterocycles. The zero-order chi connectivity index (χ0) is 34.5. The lowest BCUT2D eigenvalue weighted by atomic mass is 9.58. The maximum atomic E-state index is 14.3. The second-order valence-electron chi connectivity index (χ2n) is 13.8. The molecule has 256 valence electrons. The number of piperidine rings is 1. The number of carbonyl (C=O) groups is 4. The molecule has 1 saturated heterocycles. The van der Waals surface area contributed by atoms with Gasteiger partial charge in [-0.25, -0.2) is 0 Å². The molecule has 0 aromatic heterocycles. The predicted octanol–water partition coefficient (Wildman–Crippen LogP) is 0.761. The summed E-state index contributed by atoms with van der Waals surface area (Å²) < 4.78 is 0. The summed E-state index contributed by atoms with van der Waals surface area (Å²) in [5.74, 6) is -6.99. The number of ketones is 2. The summed E-state index contributed by atoms with van der Waals surface area (Å²) in [4.78, 5) is 61.4. The monoisotopic (exact) mass is 654 g/mol. The van der Waals surface area contributed by atoms with Crippen molar-refractivity contribution in [3.8, 4) is 5.75 Å². The van der Waals surface area contributed by atoms with Crippen LogP contribution in [0.15, 0.2) is 28.7 Å². The topological polar surface area (TPSA) is 186 Å². The normalized spacial score (nSPS) is 26.3. The summed E-state index contributed by atoms with van der Waals surface area (Å²) in [6.45, 7) is 1.70. The van der Waals surface area contributed by atoms with E-state index in [1.165, 1.54) is 0 Å². The van der Waals surface area contributed by atoms with Crippen LogP contribution in [0.5, 0.6) is 5.75 Å². The van der Waals surface area contributed by atoms with E-state index in [2.05, 4.69) is 10.6 Å². The molecule has 1 fully saturated rings. The quantitative estimate of drug-likeness (QED) is 0.171. The van der Waals surface area contributed by atoms with Crippen molar-refractivity contribution in [2.75, 3.05) is 78.8 Å². The van der Waals surface area contributed by atoms with E-state index in [1.54, 1.807) is 63.1 Å². The average Bonchev–Trinajstić information content (AvgIpc) is 2.99. The van der Waals surface area contributed by atoms with Gasteiger partial charge in [-0.2, -0.15) is 0 Å². The molecule has 5 rings (SSSR count). The summed E-state index contributed by atoms with van der Waals surface area (Å²) in [6, 6.07) is 0.545. The van der Waals surface area contributed by atoms with E-state index in [0.717, 1.165) is 32.4 Å². The number of fused-ring (bicyclic) bond motifs is 3. The predicted molar refractivity (Wildman–Crippen MR) is 174 cm³/mol. The van der Waals surface area contributed by atoms with Crippen LogP contribution < -0.4 is 15.5 Å². The van der Waals surface area contributed by atoms with Gasteiger partial charge in [0.15, 0.2) is 17.1 Å². The van der Waals surface area contributed by atoms with Crippen molar-refractivity contribution in [1.29, 1.82) is 0 Å². The first-order chi connectivity index (χ1) is 22.1. The van der Waals surface area contributed by atoms with E-state index >= 15 is 0 Å². The van der Waals surface area contributed by atoms with Gasteiger partial charge in [-0.3, -0.25) is 29.0 Å². The van der Waals surface area contributed by atoms with Gasteiger partial charge in [-0.05, 0) is 84.5 Å². The largest absolute Gasteiger partial charge is 0.510 e. The van der Waals surface area contributed by atoms with Crippen LogP contribution in [0.2, 0.25) is 0 Å². The molecule has 14 nitrogen and oxygen atoms in total. The summed E-state index contributed by atoms with van der Waals surface area (Å²) in [7, 11) is 10.2. The molecular weight excluding hydrogens is 608 g/mol. The number of nitrogens with zero attached hydrogens (tertiary/aromatic N) is 4. The van der Waals surface area contributed by atoms with Crippen molar-refractivity contribution in [3.63, 3.8) is 0 Å². The number of anilines is 2. The molecule has 1 aromatic rings. The smallest absolute Gasteiger partial charge is 0.259 e. The van der Waals surface area contributed by atoms with E-state index in [9.17, 15) is 39.6 Å². The Kier molecular flexibility index (Phi) is 9.43. The third-order valence-corrected chi connectivity index (χ3v) is 9.81. The van der Waals surface area contributed by atoms with Gasteiger partial charge in [0.1, 0.15) is 17.1 Å². The SMILES string of the molecule is CN(C)CC(=O)Nc1cc(N(C)C)c2c(c1O)C(=O)C1=C(O)[C@]3(O)C(=O)C(C(=O)NCN4CCCCC4)=C(O)[C@@H](N(C)C)C3CC1C2. The molecule has 4 atom stereocenters. The Morgan fingerprint density at radius 3 is 2.28 bits per heavy atom. The second-order valence-corrected chi connectivity index (χ2v) is 13.8. The third kappa shape index (κ3) is 5.88. The standard InChI is InChI=1S/C33H46N6O8/c1-36(2)15-22(40)35-20-14-21(37(3)4)18-12-17-13-19-26(38(5)6)29(43)25(32(46)34-16-39-10-8-7-9-11-39)31(45)33(19,47)30(44)23(17)28(42)24(18)27(20)41/h14,17,19,26,41,43-44,47H,7-13,15-16H2,1-6H3,(H,34,46)(H,35,40)/t17?,19?,26-,33-/m0/s1. The number of benzene rings is 1. The van der Waals surface area contributed by atoms with Crippen molar-refractivity contribution in [1.82, 2.24) is 20.0 Å². The van der Waals surface area contributed by atoms with E-state index in [4.69, 9.17) is 0 Å². The van der Waals surface area contributed by atoms with Gasteiger partial charge in [0.25, 0.3) is 5.91 Å². The van der Waals surface area contributed by atoms with Crippen molar-refractivity contribution < 1.29 is 39.6 Å². The Bertz CT molecular complexity index is 1560. The van der Waals surface area contributed by atoms with E-state index in [-0.39, 0.29) is 42.9 Å². The van der Waals surface area contributed by atoms with Crippen LogP contribution >= 0.6 is 0 Å². The fourth-order valence-corrected chi connectivity index (χ4v) is 7.64. The third-order valence-electron chi connectivity index (χ3n) is 9.81. The number of carbonyl (C=O) groups excluding carboxylic acids is 4. The van der Waals surface area contributed by atoms with Crippen molar-refractivity contribution >= 4 is 34.8 Å². The highest BCUT2D eigenvalue weighted by Gasteiger charge is 2.63. The van der Waals surface area contributed by atoms with Crippen LogP contribution in [-0.2, 0) is 20.8 Å². The van der Waals surface area contributed by atoms with Gasteiger partial charge in [0, 0.05) is 31.3 Å². The molecule has 0 spiro atoms. The Balaban J connectivity index is 1.58. The number of allylic oxidation sites excluding steroid dienone is 1. The van der Waals surface area contributed by atoms with Gasteiger partial charge >= 0.3 is 0 Å². The van der Waals surface area contributed by atoms with Crippen molar-refractivity contribution in [2.24, 2.45) is 11.8 Å². The summed E-state index contributed by atoms with van der Waals surface area (Å²) in [5.41, 5.74) is -2.72. The Morgan fingerprint density at radius 1 is 1.02 bits per heavy atom. The first kappa shape index (κ1) is 34.4. The molecule has 1 heterocycles. The highest BCUT2D eigenvalue weighted by Crippen LogP contribution is 2.54. The fraction of sp³-hybridized carbons (Fsp3) is 0.576. The Hall–Kier alpha value is -3.98. The molecule has 3 aliphatic carbocycles. The van der Waals surface area contributed by atoms with Crippen molar-refractivity contribution in [2.45, 2.75) is 43.7 Å². The number of likely N-dealkylation sites (tertiary alicyclic amines) is 1. The number of phenolic OH excluding ortho intramolecular Hbond substituents is 1. The van der Waals surface area contributed by atoms with Gasteiger partial charge in [0.05, 0.1) is 30.5 Å². The van der Waals surface area contributed by atoms with Crippen LogP contribution in [0.4, 0.5) is 11.4 Å². The number of amides is 2. The number of aliphatic hydroxyl groups is 3. The minimum Gasteiger partial charge on any atom is -0.510 e. The Morgan fingerprint density at radius 2 is 1.68 bits per heavy atom. The lowest BCUT2D eigenvalue weighted by Gasteiger charge is -2.50. The number of aliphatic hydroxyl groups excluding tert-OH is 2. The lowest BCUT2D eigenvalue weighted by molar-refractivity contribution is -0.148. The maximum absolute atomic E-state index is 14.3. The van der Waals surface area contributed by atoms with Gasteiger partial charge in [0.2, 0.25) is 11.7 Å². The van der Waals surface area contributed by atoms with Crippen LogP contribution in [0.3, 0.4) is 0 Å². The molecule has 0 bridgehead atoms. The fourth-order valence-electron chi connectivity index (χ4n) is 7.64. The molecule has 6 N–H and O–H groups in total. The molecule has 4 aliphatic rings. The number of likely N-dealkylation sites (N-methyl/N-ethyl adjacent to an activating group) is 2. The van der Waals surface area contributed by atoms with Crippen LogP contribution in [0.1, 0.15) is 41.6 Å². The van der Waals surface area contributed by atoms with Crippen LogP contribution in [0.25, 0.3) is 0 Å². The number of aromatic hydroxyl groups is 1. The molecule has 2 amide bonds. The summed E-state index contributed by atoms with van der Waals surface area (Å²) in [6.07, 6.45) is 3.20. The number of hydrogen-bond donors (Lipinski definition) is 6. The first-order valence-electron chi connectivity index (χ1n) is 16.0. The molecule has 14 heteroatoms. The minimum atomic E-state index is -2.70. The summed E-state index contributed by atoms with van der Waals surface area (Å²) >= 11 is 0. The second kappa shape index (κ2) is 12.9. The molecule has 47 heavy (non-hydrogen) atoms. The molecule has 0 radical (unpaired) electrons.